The molecule has 3 nitrogen and oxygen atoms in total. The van der Waals surface area contributed by atoms with Crippen LogP contribution in [-0.4, -0.2) is 23.3 Å². The largest absolute Gasteiger partial charge is 0.352 e. The third kappa shape index (κ3) is 1.39. The van der Waals surface area contributed by atoms with E-state index in [1.54, 1.807) is 0 Å². The zero-order valence-corrected chi connectivity index (χ0v) is 14.2. The van der Waals surface area contributed by atoms with Gasteiger partial charge >= 0.3 is 0 Å². The maximum atomic E-state index is 12.5. The molecule has 0 radical (unpaired) electrons. The molecule has 5 rings (SSSR count). The highest BCUT2D eigenvalue weighted by atomic mass is 16.6. The van der Waals surface area contributed by atoms with Crippen molar-refractivity contribution in [1.82, 2.24) is 0 Å². The van der Waals surface area contributed by atoms with E-state index in [0.717, 1.165) is 44.1 Å². The number of rotatable bonds is 0. The standard InChI is InChI=1S/C20H26O3/c1-11-10-12-13-4-5-16(22)18(13,2)8-6-14(12)19(3)9-7-15(21)17-20(11,19)23-17/h12-14,17H,1,4-10H2,2-3H3/t12-,13-,14-,17?,18-,19+,20?/m0/s1. The highest BCUT2D eigenvalue weighted by Gasteiger charge is 2.78. The van der Waals surface area contributed by atoms with Gasteiger partial charge in [-0.15, -0.1) is 0 Å². The van der Waals surface area contributed by atoms with Gasteiger partial charge in [-0.1, -0.05) is 20.4 Å². The molecule has 7 atom stereocenters. The van der Waals surface area contributed by atoms with Gasteiger partial charge in [-0.05, 0) is 55.4 Å². The SMILES string of the molecule is C=C1C[C@H]2[C@@H]3CCC(=O)[C@@]3(C)CC[C@@H]2[C@@]2(C)CCC(=O)C3OC132. The van der Waals surface area contributed by atoms with Crippen LogP contribution >= 0.6 is 0 Å². The number of carbonyl (C=O) groups excluding carboxylic acids is 2. The summed E-state index contributed by atoms with van der Waals surface area (Å²) >= 11 is 0. The molecule has 0 amide bonds. The van der Waals surface area contributed by atoms with E-state index in [9.17, 15) is 9.59 Å². The van der Waals surface area contributed by atoms with E-state index in [0.29, 0.717) is 30.0 Å². The van der Waals surface area contributed by atoms with Crippen molar-refractivity contribution in [1.29, 1.82) is 0 Å². The van der Waals surface area contributed by atoms with Gasteiger partial charge in [-0.2, -0.15) is 0 Å². The molecule has 5 aliphatic rings. The average molecular weight is 314 g/mol. The summed E-state index contributed by atoms with van der Waals surface area (Å²) in [5.74, 6) is 2.40. The summed E-state index contributed by atoms with van der Waals surface area (Å²) in [4.78, 5) is 24.7. The molecule has 124 valence electrons. The van der Waals surface area contributed by atoms with Gasteiger partial charge in [0.05, 0.1) is 0 Å². The minimum Gasteiger partial charge on any atom is -0.352 e. The second kappa shape index (κ2) is 3.99. The molecule has 1 saturated heterocycles. The number of ketones is 2. The van der Waals surface area contributed by atoms with Crippen LogP contribution in [0.25, 0.3) is 0 Å². The lowest BCUT2D eigenvalue weighted by Crippen LogP contribution is -2.59. The molecular weight excluding hydrogens is 288 g/mol. The Morgan fingerprint density at radius 1 is 1.09 bits per heavy atom. The van der Waals surface area contributed by atoms with Crippen LogP contribution in [-0.2, 0) is 14.3 Å². The first-order chi connectivity index (χ1) is 10.8. The predicted octanol–water partition coefficient (Wildman–Crippen LogP) is 3.46. The third-order valence-electron chi connectivity index (χ3n) is 8.62. The number of hydrogen-bond acceptors (Lipinski definition) is 3. The molecule has 0 N–H and O–H groups in total. The van der Waals surface area contributed by atoms with Gasteiger partial charge in [0.1, 0.15) is 11.4 Å². The van der Waals surface area contributed by atoms with E-state index in [-0.39, 0.29) is 28.3 Å². The predicted molar refractivity (Wildman–Crippen MR) is 85.8 cm³/mol. The summed E-state index contributed by atoms with van der Waals surface area (Å²) < 4.78 is 6.09. The number of carbonyl (C=O) groups is 2. The van der Waals surface area contributed by atoms with Gasteiger partial charge in [0.2, 0.25) is 0 Å². The third-order valence-corrected chi connectivity index (χ3v) is 8.62. The van der Waals surface area contributed by atoms with Gasteiger partial charge in [0.15, 0.2) is 11.9 Å². The van der Waals surface area contributed by atoms with Crippen LogP contribution in [0.3, 0.4) is 0 Å². The molecule has 0 aromatic carbocycles. The van der Waals surface area contributed by atoms with Crippen molar-refractivity contribution in [2.45, 2.75) is 70.5 Å². The van der Waals surface area contributed by atoms with Crippen molar-refractivity contribution in [3.05, 3.63) is 12.2 Å². The molecule has 4 aliphatic carbocycles. The molecule has 23 heavy (non-hydrogen) atoms. The Morgan fingerprint density at radius 2 is 1.87 bits per heavy atom. The topological polar surface area (TPSA) is 46.7 Å². The van der Waals surface area contributed by atoms with Crippen molar-refractivity contribution < 1.29 is 14.3 Å². The van der Waals surface area contributed by atoms with Crippen LogP contribution in [0.5, 0.6) is 0 Å². The Bertz CT molecular complexity index is 651. The van der Waals surface area contributed by atoms with Gasteiger partial charge in [-0.3, -0.25) is 9.59 Å². The van der Waals surface area contributed by atoms with Crippen molar-refractivity contribution >= 4 is 11.6 Å². The lowest BCUT2D eigenvalue weighted by Gasteiger charge is -2.58. The molecule has 0 bridgehead atoms. The maximum Gasteiger partial charge on any atom is 0.164 e. The van der Waals surface area contributed by atoms with Crippen molar-refractivity contribution in [3.8, 4) is 0 Å². The van der Waals surface area contributed by atoms with E-state index in [1.807, 2.05) is 0 Å². The monoisotopic (exact) mass is 314 g/mol. The zero-order chi connectivity index (χ0) is 16.2. The average Bonchev–Trinajstić information content (AvgIpc) is 3.21. The Balaban J connectivity index is 1.57. The minimum atomic E-state index is -0.361. The molecule has 0 aromatic heterocycles. The number of Topliss-reactive ketones (excluding diaryl/α,β-unsaturated/α-hetero) is 2. The van der Waals surface area contributed by atoms with Gasteiger partial charge in [0, 0.05) is 23.7 Å². The fraction of sp³-hybridized carbons (Fsp3) is 0.800. The molecule has 1 aliphatic heterocycles. The van der Waals surface area contributed by atoms with E-state index in [2.05, 4.69) is 20.4 Å². The quantitative estimate of drug-likeness (QED) is 0.508. The van der Waals surface area contributed by atoms with Crippen molar-refractivity contribution in [2.24, 2.45) is 28.6 Å². The first-order valence-corrected chi connectivity index (χ1v) is 9.27. The fourth-order valence-electron chi connectivity index (χ4n) is 7.28. The molecular formula is C20H26O3. The second-order valence-electron chi connectivity index (χ2n) is 9.22. The lowest BCUT2D eigenvalue weighted by molar-refractivity contribution is -0.136. The Kier molecular flexibility index (Phi) is 2.49. The van der Waals surface area contributed by atoms with E-state index in [4.69, 9.17) is 4.74 Å². The zero-order valence-electron chi connectivity index (χ0n) is 14.2. The van der Waals surface area contributed by atoms with Crippen LogP contribution in [0.4, 0.5) is 0 Å². The Morgan fingerprint density at radius 3 is 2.65 bits per heavy atom. The summed E-state index contributed by atoms with van der Waals surface area (Å²) in [5, 5.41) is 0. The normalized spacial score (nSPS) is 57.4. The van der Waals surface area contributed by atoms with Gasteiger partial charge in [0.25, 0.3) is 0 Å². The van der Waals surface area contributed by atoms with Gasteiger partial charge in [-0.25, -0.2) is 0 Å². The molecule has 5 fully saturated rings. The van der Waals surface area contributed by atoms with Gasteiger partial charge < -0.3 is 4.74 Å². The smallest absolute Gasteiger partial charge is 0.164 e. The van der Waals surface area contributed by atoms with E-state index < -0.39 is 0 Å². The molecule has 0 aromatic rings. The summed E-state index contributed by atoms with van der Waals surface area (Å²) in [6, 6.07) is 0. The Hall–Kier alpha value is -0.960. The lowest BCUT2D eigenvalue weighted by atomic mass is 9.44. The van der Waals surface area contributed by atoms with Crippen LogP contribution in [0, 0.1) is 28.6 Å². The summed E-state index contributed by atoms with van der Waals surface area (Å²) in [7, 11) is 0. The second-order valence-corrected chi connectivity index (χ2v) is 9.22. The summed E-state index contributed by atoms with van der Waals surface area (Å²) in [5.41, 5.74) is 0.720. The highest BCUT2D eigenvalue weighted by molar-refractivity contribution is 5.90. The van der Waals surface area contributed by atoms with Crippen LogP contribution in [0.1, 0.15) is 58.8 Å². The molecule has 4 saturated carbocycles. The Labute approximate surface area is 137 Å². The first kappa shape index (κ1) is 14.4. The summed E-state index contributed by atoms with van der Waals surface area (Å²) in [6.45, 7) is 8.93. The number of hydrogen-bond donors (Lipinski definition) is 0. The molecule has 1 heterocycles. The fourth-order valence-corrected chi connectivity index (χ4v) is 7.28. The number of ether oxygens (including phenoxy) is 1. The highest BCUT2D eigenvalue weighted by Crippen LogP contribution is 2.72. The van der Waals surface area contributed by atoms with Crippen molar-refractivity contribution in [3.63, 3.8) is 0 Å². The summed E-state index contributed by atoms with van der Waals surface area (Å²) in [6.07, 6.45) is 6.27. The number of epoxide rings is 1. The molecule has 1 spiro atoms. The van der Waals surface area contributed by atoms with Crippen LogP contribution < -0.4 is 0 Å². The maximum absolute atomic E-state index is 12.5. The van der Waals surface area contributed by atoms with E-state index >= 15 is 0 Å². The van der Waals surface area contributed by atoms with Crippen LogP contribution in [0.15, 0.2) is 12.2 Å². The van der Waals surface area contributed by atoms with E-state index in [1.165, 1.54) is 0 Å². The molecule has 2 unspecified atom stereocenters. The first-order valence-electron chi connectivity index (χ1n) is 9.27. The molecule has 3 heteroatoms. The van der Waals surface area contributed by atoms with Crippen LogP contribution in [0.2, 0.25) is 0 Å². The van der Waals surface area contributed by atoms with Crippen molar-refractivity contribution in [2.75, 3.05) is 0 Å². The minimum absolute atomic E-state index is 0.0402. The number of fused-ring (bicyclic) bond motifs is 4.